The van der Waals surface area contributed by atoms with Crippen LogP contribution >= 0.6 is 0 Å². The van der Waals surface area contributed by atoms with E-state index in [2.05, 4.69) is 46.8 Å². The Hall–Kier alpha value is -1.96. The number of aryl methyl sites for hydroxylation is 1. The Bertz CT molecular complexity index is 612. The number of nitrogen functional groups attached to an aromatic ring is 1. The van der Waals surface area contributed by atoms with Crippen LogP contribution in [0.3, 0.4) is 0 Å². The van der Waals surface area contributed by atoms with Gasteiger partial charge < -0.3 is 10.5 Å². The second kappa shape index (κ2) is 6.21. The van der Waals surface area contributed by atoms with E-state index in [1.807, 2.05) is 24.3 Å². The normalized spacial score (nSPS) is 11.2. The molecule has 0 radical (unpaired) electrons. The molecule has 2 rings (SSSR count). The minimum Gasteiger partial charge on any atom is -0.457 e. The Balaban J connectivity index is 2.48. The van der Waals surface area contributed by atoms with Crippen LogP contribution in [0.15, 0.2) is 36.4 Å². The number of benzene rings is 2. The molecular formula is C19H25NO. The number of hydrogen-bond acceptors (Lipinski definition) is 2. The van der Waals surface area contributed by atoms with Crippen molar-refractivity contribution in [1.29, 1.82) is 0 Å². The summed E-state index contributed by atoms with van der Waals surface area (Å²) in [7, 11) is 0. The predicted molar refractivity (Wildman–Crippen MR) is 90.3 cm³/mol. The Labute approximate surface area is 127 Å². The summed E-state index contributed by atoms with van der Waals surface area (Å²) in [5.74, 6) is 2.68. The van der Waals surface area contributed by atoms with Gasteiger partial charge in [-0.15, -0.1) is 0 Å². The summed E-state index contributed by atoms with van der Waals surface area (Å²) in [5, 5.41) is 0. The van der Waals surface area contributed by atoms with Crippen molar-refractivity contribution in [2.24, 2.45) is 0 Å². The maximum absolute atomic E-state index is 6.12. The van der Waals surface area contributed by atoms with E-state index in [9.17, 15) is 0 Å². The molecule has 2 aromatic rings. The average molecular weight is 283 g/mol. The van der Waals surface area contributed by atoms with Crippen molar-refractivity contribution in [3.63, 3.8) is 0 Å². The number of nitrogens with two attached hydrogens (primary N) is 1. The molecule has 0 amide bonds. The molecule has 2 nitrogen and oxygen atoms in total. The molecule has 2 N–H and O–H groups in total. The zero-order chi connectivity index (χ0) is 15.6. The number of ether oxygens (including phenoxy) is 1. The highest BCUT2D eigenvalue weighted by atomic mass is 16.5. The van der Waals surface area contributed by atoms with Gasteiger partial charge in [-0.2, -0.15) is 0 Å². The second-order valence-corrected chi connectivity index (χ2v) is 6.19. The van der Waals surface area contributed by atoms with Gasteiger partial charge in [-0.1, -0.05) is 33.8 Å². The van der Waals surface area contributed by atoms with Crippen LogP contribution in [-0.2, 0) is 0 Å². The molecule has 0 aliphatic rings. The summed E-state index contributed by atoms with van der Waals surface area (Å²) < 4.78 is 6.12. The van der Waals surface area contributed by atoms with Crippen LogP contribution in [0.1, 0.15) is 56.2 Å². The summed E-state index contributed by atoms with van der Waals surface area (Å²) in [4.78, 5) is 0. The lowest BCUT2D eigenvalue weighted by Crippen LogP contribution is -2.04. The lowest BCUT2D eigenvalue weighted by atomic mass is 9.86. The molecule has 0 heterocycles. The summed E-state index contributed by atoms with van der Waals surface area (Å²) >= 11 is 0. The van der Waals surface area contributed by atoms with E-state index in [0.717, 1.165) is 17.2 Å². The van der Waals surface area contributed by atoms with Crippen molar-refractivity contribution in [1.82, 2.24) is 0 Å². The van der Waals surface area contributed by atoms with E-state index in [1.54, 1.807) is 0 Å². The third-order valence-electron chi connectivity index (χ3n) is 3.73. The van der Waals surface area contributed by atoms with Crippen LogP contribution in [0.4, 0.5) is 5.69 Å². The number of hydrogen-bond donors (Lipinski definition) is 1. The summed E-state index contributed by atoms with van der Waals surface area (Å²) in [6.07, 6.45) is 0. The van der Waals surface area contributed by atoms with Crippen molar-refractivity contribution in [2.75, 3.05) is 5.73 Å². The minimum absolute atomic E-state index is 0.422. The van der Waals surface area contributed by atoms with E-state index in [4.69, 9.17) is 10.5 Å². The van der Waals surface area contributed by atoms with Gasteiger partial charge >= 0.3 is 0 Å². The fourth-order valence-corrected chi connectivity index (χ4v) is 2.84. The minimum atomic E-state index is 0.422. The standard InChI is InChI=1S/C19H25NO/c1-12(2)18-14(5)6-11-17(19(18)13(3)4)21-16-9-7-15(20)8-10-16/h6-13H,20H2,1-5H3. The molecule has 0 bridgehead atoms. The smallest absolute Gasteiger partial charge is 0.131 e. The van der Waals surface area contributed by atoms with Gasteiger partial charge in [-0.05, 0) is 60.2 Å². The van der Waals surface area contributed by atoms with Crippen molar-refractivity contribution < 1.29 is 4.74 Å². The van der Waals surface area contributed by atoms with E-state index >= 15 is 0 Å². The van der Waals surface area contributed by atoms with Crippen LogP contribution in [0.5, 0.6) is 11.5 Å². The maximum Gasteiger partial charge on any atom is 0.131 e. The zero-order valence-electron chi connectivity index (χ0n) is 13.6. The topological polar surface area (TPSA) is 35.2 Å². The van der Waals surface area contributed by atoms with Gasteiger partial charge in [-0.3, -0.25) is 0 Å². The summed E-state index contributed by atoms with van der Waals surface area (Å²) in [6, 6.07) is 11.8. The Kier molecular flexibility index (Phi) is 4.56. The fourth-order valence-electron chi connectivity index (χ4n) is 2.84. The third kappa shape index (κ3) is 3.38. The monoisotopic (exact) mass is 283 g/mol. The second-order valence-electron chi connectivity index (χ2n) is 6.19. The van der Waals surface area contributed by atoms with Crippen LogP contribution in [0.2, 0.25) is 0 Å². The first kappa shape index (κ1) is 15.4. The third-order valence-corrected chi connectivity index (χ3v) is 3.73. The molecule has 0 unspecified atom stereocenters. The molecule has 2 heteroatoms. The molecule has 0 spiro atoms. The summed E-state index contributed by atoms with van der Waals surface area (Å²) in [6.45, 7) is 11.1. The molecule has 112 valence electrons. The molecule has 0 aromatic heterocycles. The van der Waals surface area contributed by atoms with E-state index in [0.29, 0.717) is 11.8 Å². The SMILES string of the molecule is Cc1ccc(Oc2ccc(N)cc2)c(C(C)C)c1C(C)C. The Morgan fingerprint density at radius 3 is 1.90 bits per heavy atom. The van der Waals surface area contributed by atoms with Crippen molar-refractivity contribution in [2.45, 2.75) is 46.5 Å². The van der Waals surface area contributed by atoms with E-state index in [-0.39, 0.29) is 0 Å². The lowest BCUT2D eigenvalue weighted by Gasteiger charge is -2.22. The highest BCUT2D eigenvalue weighted by molar-refractivity contribution is 5.50. The van der Waals surface area contributed by atoms with Crippen molar-refractivity contribution >= 4 is 5.69 Å². The molecule has 2 aromatic carbocycles. The van der Waals surface area contributed by atoms with Crippen LogP contribution < -0.4 is 10.5 Å². The first-order chi connectivity index (χ1) is 9.90. The molecule has 0 fully saturated rings. The van der Waals surface area contributed by atoms with E-state index < -0.39 is 0 Å². The molecule has 0 atom stereocenters. The Morgan fingerprint density at radius 1 is 0.810 bits per heavy atom. The van der Waals surface area contributed by atoms with Gasteiger partial charge in [0.15, 0.2) is 0 Å². The molecule has 0 aliphatic carbocycles. The zero-order valence-corrected chi connectivity index (χ0v) is 13.6. The van der Waals surface area contributed by atoms with Crippen LogP contribution in [-0.4, -0.2) is 0 Å². The maximum atomic E-state index is 6.12. The first-order valence-corrected chi connectivity index (χ1v) is 7.57. The molecule has 21 heavy (non-hydrogen) atoms. The van der Waals surface area contributed by atoms with E-state index in [1.165, 1.54) is 16.7 Å². The highest BCUT2D eigenvalue weighted by Gasteiger charge is 2.18. The quantitative estimate of drug-likeness (QED) is 0.739. The molecule has 0 saturated heterocycles. The average Bonchev–Trinajstić information content (AvgIpc) is 2.42. The number of anilines is 1. The fraction of sp³-hybridized carbons (Fsp3) is 0.368. The van der Waals surface area contributed by atoms with Crippen molar-refractivity contribution in [3.05, 3.63) is 53.1 Å². The summed E-state index contributed by atoms with van der Waals surface area (Å²) in [5.41, 5.74) is 10.5. The van der Waals surface area contributed by atoms with Crippen molar-refractivity contribution in [3.8, 4) is 11.5 Å². The lowest BCUT2D eigenvalue weighted by molar-refractivity contribution is 0.471. The van der Waals surface area contributed by atoms with Crippen LogP contribution in [0, 0.1) is 6.92 Å². The van der Waals surface area contributed by atoms with Gasteiger partial charge in [-0.25, -0.2) is 0 Å². The molecule has 0 saturated carbocycles. The Morgan fingerprint density at radius 2 is 1.38 bits per heavy atom. The largest absolute Gasteiger partial charge is 0.457 e. The van der Waals surface area contributed by atoms with Gasteiger partial charge in [0.25, 0.3) is 0 Å². The van der Waals surface area contributed by atoms with Gasteiger partial charge in [0.05, 0.1) is 0 Å². The van der Waals surface area contributed by atoms with Gasteiger partial charge in [0.1, 0.15) is 11.5 Å². The first-order valence-electron chi connectivity index (χ1n) is 7.57. The van der Waals surface area contributed by atoms with Gasteiger partial charge in [0.2, 0.25) is 0 Å². The highest BCUT2D eigenvalue weighted by Crippen LogP contribution is 2.38. The molecule has 0 aliphatic heterocycles. The predicted octanol–water partition coefficient (Wildman–Crippen LogP) is 5.62. The van der Waals surface area contributed by atoms with Gasteiger partial charge in [0, 0.05) is 11.3 Å². The number of rotatable bonds is 4. The van der Waals surface area contributed by atoms with Crippen LogP contribution in [0.25, 0.3) is 0 Å². The molecular weight excluding hydrogens is 258 g/mol.